The smallest absolute Gasteiger partial charge is 0.380 e. The van der Waals surface area contributed by atoms with Crippen molar-refractivity contribution in [3.05, 3.63) is 6.42 Å². The number of amides is 1. The molecule has 1 heterocycles. The van der Waals surface area contributed by atoms with Gasteiger partial charge in [-0.05, 0) is 5.41 Å². The molecule has 0 unspecified atom stereocenters. The van der Waals surface area contributed by atoms with E-state index in [-0.39, 0.29) is 24.4 Å². The number of piperidine rings is 1. The first-order chi connectivity index (χ1) is 7.95. The highest BCUT2D eigenvalue weighted by Crippen LogP contribution is 2.38. The van der Waals surface area contributed by atoms with Crippen LogP contribution in [0.2, 0.25) is 0 Å². The molecule has 0 aromatic heterocycles. The minimum atomic E-state index is -4.63. The third-order valence-corrected chi connectivity index (χ3v) is 2.99. The summed E-state index contributed by atoms with van der Waals surface area (Å²) in [6, 6.07) is 0. The SMILES string of the molecule is CC(C)(C)[CH]C(=O)N1CCC(O)(C(F)(F)F)CC1. The second kappa shape index (κ2) is 4.72. The number of hydrogen-bond acceptors (Lipinski definition) is 2. The predicted octanol–water partition coefficient (Wildman–Crippen LogP) is 2.15. The lowest BCUT2D eigenvalue weighted by molar-refractivity contribution is -0.272. The van der Waals surface area contributed by atoms with E-state index in [1.54, 1.807) is 0 Å². The molecule has 105 valence electrons. The van der Waals surface area contributed by atoms with Gasteiger partial charge in [0.1, 0.15) is 0 Å². The van der Waals surface area contributed by atoms with Gasteiger partial charge >= 0.3 is 6.18 Å². The van der Waals surface area contributed by atoms with Crippen LogP contribution in [0.4, 0.5) is 13.2 Å². The Hall–Kier alpha value is -0.780. The van der Waals surface area contributed by atoms with Gasteiger partial charge in [-0.2, -0.15) is 13.2 Å². The van der Waals surface area contributed by atoms with Gasteiger partial charge in [-0.15, -0.1) is 0 Å². The first-order valence-corrected chi connectivity index (χ1v) is 5.89. The summed E-state index contributed by atoms with van der Waals surface area (Å²) in [4.78, 5) is 13.1. The predicted molar refractivity (Wildman–Crippen MR) is 60.6 cm³/mol. The van der Waals surface area contributed by atoms with Crippen molar-refractivity contribution in [1.29, 1.82) is 0 Å². The third-order valence-electron chi connectivity index (χ3n) is 2.99. The number of alkyl halides is 3. The number of carbonyl (C=O) groups is 1. The Balaban J connectivity index is 2.57. The Morgan fingerprint density at radius 3 is 2.00 bits per heavy atom. The van der Waals surface area contributed by atoms with Crippen LogP contribution < -0.4 is 0 Å². The standard InChI is InChI=1S/C12H19F3NO2/c1-10(2,3)8-9(17)16-6-4-11(18,5-7-16)12(13,14)15/h8,18H,4-7H2,1-3H3. The molecule has 0 saturated carbocycles. The van der Waals surface area contributed by atoms with E-state index in [0.717, 1.165) is 0 Å². The van der Waals surface area contributed by atoms with Crippen LogP contribution in [0.5, 0.6) is 0 Å². The minimum absolute atomic E-state index is 0.0680. The summed E-state index contributed by atoms with van der Waals surface area (Å²) in [5.41, 5.74) is -2.96. The molecule has 0 aromatic carbocycles. The van der Waals surface area contributed by atoms with E-state index in [4.69, 9.17) is 0 Å². The van der Waals surface area contributed by atoms with Crippen LogP contribution in [0, 0.1) is 11.8 Å². The molecule has 6 heteroatoms. The van der Waals surface area contributed by atoms with E-state index >= 15 is 0 Å². The average molecular weight is 266 g/mol. The molecule has 0 spiro atoms. The van der Waals surface area contributed by atoms with Crippen LogP contribution in [-0.4, -0.2) is 40.8 Å². The topological polar surface area (TPSA) is 40.5 Å². The van der Waals surface area contributed by atoms with Gasteiger partial charge in [-0.3, -0.25) is 4.79 Å². The van der Waals surface area contributed by atoms with Crippen LogP contribution in [-0.2, 0) is 4.79 Å². The quantitative estimate of drug-likeness (QED) is 0.790. The van der Waals surface area contributed by atoms with Gasteiger partial charge in [-0.25, -0.2) is 0 Å². The van der Waals surface area contributed by atoms with Crippen LogP contribution >= 0.6 is 0 Å². The molecule has 3 nitrogen and oxygen atoms in total. The fourth-order valence-corrected chi connectivity index (χ4v) is 1.84. The largest absolute Gasteiger partial charge is 0.417 e. The van der Waals surface area contributed by atoms with Crippen molar-refractivity contribution in [3.8, 4) is 0 Å². The zero-order valence-corrected chi connectivity index (χ0v) is 10.8. The van der Waals surface area contributed by atoms with Gasteiger partial charge in [0.15, 0.2) is 5.60 Å². The molecule has 1 saturated heterocycles. The highest BCUT2D eigenvalue weighted by Gasteiger charge is 2.54. The molecule has 1 rings (SSSR count). The number of halogens is 3. The Morgan fingerprint density at radius 2 is 1.67 bits per heavy atom. The minimum Gasteiger partial charge on any atom is -0.380 e. The summed E-state index contributed by atoms with van der Waals surface area (Å²) in [7, 11) is 0. The maximum atomic E-state index is 12.6. The lowest BCUT2D eigenvalue weighted by atomic mass is 9.88. The Kier molecular flexibility index (Phi) is 4.00. The molecule has 1 aliphatic rings. The summed E-state index contributed by atoms with van der Waals surface area (Å²) < 4.78 is 37.7. The number of rotatable bonds is 1. The van der Waals surface area contributed by atoms with Gasteiger partial charge in [0, 0.05) is 25.9 Å². The molecule has 0 bridgehead atoms. The lowest BCUT2D eigenvalue weighted by Gasteiger charge is -2.39. The Morgan fingerprint density at radius 1 is 1.22 bits per heavy atom. The molecule has 1 fully saturated rings. The average Bonchev–Trinajstić information content (AvgIpc) is 2.14. The van der Waals surface area contributed by atoms with Crippen molar-refractivity contribution in [2.24, 2.45) is 5.41 Å². The van der Waals surface area contributed by atoms with E-state index in [0.29, 0.717) is 0 Å². The van der Waals surface area contributed by atoms with Gasteiger partial charge in [0.2, 0.25) is 5.91 Å². The summed E-state index contributed by atoms with van der Waals surface area (Å²) >= 11 is 0. The second-order valence-electron chi connectivity index (χ2n) is 5.86. The Bertz CT molecular complexity index is 312. The van der Waals surface area contributed by atoms with E-state index in [1.807, 2.05) is 20.8 Å². The second-order valence-corrected chi connectivity index (χ2v) is 5.86. The normalized spacial score (nSPS) is 20.9. The van der Waals surface area contributed by atoms with E-state index in [2.05, 4.69) is 0 Å². The molecule has 1 radical (unpaired) electrons. The monoisotopic (exact) mass is 266 g/mol. The highest BCUT2D eigenvalue weighted by atomic mass is 19.4. The molecule has 1 N–H and O–H groups in total. The molecule has 1 amide bonds. The molecule has 1 aliphatic heterocycles. The highest BCUT2D eigenvalue weighted by molar-refractivity contribution is 5.85. The van der Waals surface area contributed by atoms with Crippen LogP contribution in [0.25, 0.3) is 0 Å². The molecule has 0 atom stereocenters. The lowest BCUT2D eigenvalue weighted by Crippen LogP contribution is -2.54. The first kappa shape index (κ1) is 15.3. The summed E-state index contributed by atoms with van der Waals surface area (Å²) in [5, 5.41) is 9.47. The number of nitrogens with zero attached hydrogens (tertiary/aromatic N) is 1. The van der Waals surface area contributed by atoms with Crippen molar-refractivity contribution >= 4 is 5.91 Å². The number of carbonyl (C=O) groups excluding carboxylic acids is 1. The zero-order chi connectivity index (χ0) is 14.2. The number of hydrogen-bond donors (Lipinski definition) is 1. The number of aliphatic hydroxyl groups is 1. The molecular formula is C12H19F3NO2. The van der Waals surface area contributed by atoms with Crippen molar-refractivity contribution in [3.63, 3.8) is 0 Å². The van der Waals surface area contributed by atoms with Crippen LogP contribution in [0.15, 0.2) is 0 Å². The number of likely N-dealkylation sites (tertiary alicyclic amines) is 1. The van der Waals surface area contributed by atoms with E-state index in [9.17, 15) is 23.1 Å². The van der Waals surface area contributed by atoms with Crippen molar-refractivity contribution in [1.82, 2.24) is 4.90 Å². The first-order valence-electron chi connectivity index (χ1n) is 5.89. The van der Waals surface area contributed by atoms with Crippen molar-refractivity contribution in [2.45, 2.75) is 45.4 Å². The third kappa shape index (κ3) is 3.60. The Labute approximate surface area is 105 Å². The maximum Gasteiger partial charge on any atom is 0.417 e. The van der Waals surface area contributed by atoms with Crippen molar-refractivity contribution < 1.29 is 23.1 Å². The van der Waals surface area contributed by atoms with Crippen LogP contribution in [0.3, 0.4) is 0 Å². The van der Waals surface area contributed by atoms with Gasteiger partial charge in [0.25, 0.3) is 0 Å². The van der Waals surface area contributed by atoms with Gasteiger partial charge in [0.05, 0.1) is 6.42 Å². The summed E-state index contributed by atoms with van der Waals surface area (Å²) in [6.45, 7) is 5.41. The van der Waals surface area contributed by atoms with Crippen LogP contribution in [0.1, 0.15) is 33.6 Å². The zero-order valence-electron chi connectivity index (χ0n) is 10.8. The summed E-state index contributed by atoms with van der Waals surface area (Å²) in [5.74, 6) is -0.272. The molecule has 18 heavy (non-hydrogen) atoms. The molecule has 0 aromatic rings. The van der Waals surface area contributed by atoms with Crippen molar-refractivity contribution in [2.75, 3.05) is 13.1 Å². The fourth-order valence-electron chi connectivity index (χ4n) is 1.84. The molecule has 0 aliphatic carbocycles. The fraction of sp³-hybridized carbons (Fsp3) is 0.833. The van der Waals surface area contributed by atoms with E-state index in [1.165, 1.54) is 11.3 Å². The van der Waals surface area contributed by atoms with E-state index < -0.39 is 24.6 Å². The maximum absolute atomic E-state index is 12.6. The van der Waals surface area contributed by atoms with Gasteiger partial charge < -0.3 is 10.0 Å². The summed E-state index contributed by atoms with van der Waals surface area (Å²) in [6.07, 6.45) is -4.05. The van der Waals surface area contributed by atoms with Gasteiger partial charge in [-0.1, -0.05) is 20.8 Å². The molecular weight excluding hydrogens is 247 g/mol.